The van der Waals surface area contributed by atoms with Gasteiger partial charge in [-0.25, -0.2) is 4.79 Å². The number of carbonyl (C=O) groups is 2. The van der Waals surface area contributed by atoms with Gasteiger partial charge in [0.1, 0.15) is 17.0 Å². The first-order valence-electron chi connectivity index (χ1n) is 8.71. The van der Waals surface area contributed by atoms with Gasteiger partial charge in [0, 0.05) is 17.3 Å². The largest absolute Gasteiger partial charge is 0.586 e. The average molecular weight is 416 g/mol. The second kappa shape index (κ2) is 7.47. The van der Waals surface area contributed by atoms with Crippen LogP contribution in [0.2, 0.25) is 0 Å². The molecule has 8 nitrogen and oxygen atoms in total. The van der Waals surface area contributed by atoms with Crippen molar-refractivity contribution in [2.24, 2.45) is 0 Å². The standard InChI is InChI=1S/C20H14F2N2O6/c1-11-17(18(24-30-11)12-5-3-2-4-6-12)19(26)27-10-16(25)23-13-7-8-14-15(9-13)29-20(21,22)28-14/h2-9H,10H2,1H3,(H,23,25). The number of nitrogens with one attached hydrogen (secondary N) is 1. The summed E-state index contributed by atoms with van der Waals surface area (Å²) in [6, 6.07) is 12.6. The third kappa shape index (κ3) is 3.93. The molecule has 2 heterocycles. The maximum atomic E-state index is 13.1. The molecule has 0 atom stereocenters. The summed E-state index contributed by atoms with van der Waals surface area (Å²) in [4.78, 5) is 24.6. The molecule has 0 saturated carbocycles. The van der Waals surface area contributed by atoms with Gasteiger partial charge in [-0.1, -0.05) is 35.5 Å². The molecule has 1 aliphatic rings. The fourth-order valence-electron chi connectivity index (χ4n) is 2.83. The fraction of sp³-hybridized carbons (Fsp3) is 0.150. The van der Waals surface area contributed by atoms with Gasteiger partial charge in [-0.05, 0) is 19.1 Å². The van der Waals surface area contributed by atoms with Crippen LogP contribution < -0.4 is 14.8 Å². The Hall–Kier alpha value is -3.95. The number of halogens is 2. The average Bonchev–Trinajstić information content (AvgIpc) is 3.24. The molecule has 0 spiro atoms. The number of amides is 1. The van der Waals surface area contributed by atoms with Gasteiger partial charge in [0.05, 0.1) is 0 Å². The summed E-state index contributed by atoms with van der Waals surface area (Å²) in [5, 5.41) is 6.31. The molecule has 4 rings (SSSR count). The Labute approximate surface area is 168 Å². The minimum Gasteiger partial charge on any atom is -0.452 e. The lowest BCUT2D eigenvalue weighted by atomic mass is 10.1. The summed E-state index contributed by atoms with van der Waals surface area (Å²) in [6.45, 7) is 0.945. The molecule has 30 heavy (non-hydrogen) atoms. The Kier molecular flexibility index (Phi) is 4.82. The van der Waals surface area contributed by atoms with E-state index in [-0.39, 0.29) is 28.5 Å². The first-order valence-corrected chi connectivity index (χ1v) is 8.71. The second-order valence-electron chi connectivity index (χ2n) is 6.28. The van der Waals surface area contributed by atoms with Gasteiger partial charge in [0.15, 0.2) is 18.1 Å². The lowest BCUT2D eigenvalue weighted by Gasteiger charge is -2.07. The van der Waals surface area contributed by atoms with Gasteiger partial charge in [0.2, 0.25) is 0 Å². The number of rotatable bonds is 5. The van der Waals surface area contributed by atoms with E-state index in [1.165, 1.54) is 18.2 Å². The van der Waals surface area contributed by atoms with Gasteiger partial charge in [0.25, 0.3) is 5.91 Å². The van der Waals surface area contributed by atoms with Crippen LogP contribution in [-0.4, -0.2) is 29.9 Å². The van der Waals surface area contributed by atoms with Crippen LogP contribution >= 0.6 is 0 Å². The van der Waals surface area contributed by atoms with Crippen molar-refractivity contribution in [3.63, 3.8) is 0 Å². The predicted octanol–water partition coefficient (Wildman–Crippen LogP) is 3.77. The first-order chi connectivity index (χ1) is 14.3. The Morgan fingerprint density at radius 3 is 2.60 bits per heavy atom. The smallest absolute Gasteiger partial charge is 0.452 e. The second-order valence-corrected chi connectivity index (χ2v) is 6.28. The van der Waals surface area contributed by atoms with Crippen LogP contribution in [0.25, 0.3) is 11.3 Å². The molecule has 0 bridgehead atoms. The molecule has 3 aromatic rings. The highest BCUT2D eigenvalue weighted by Gasteiger charge is 2.43. The highest BCUT2D eigenvalue weighted by atomic mass is 19.3. The molecule has 2 aromatic carbocycles. The van der Waals surface area contributed by atoms with Crippen molar-refractivity contribution in [2.75, 3.05) is 11.9 Å². The van der Waals surface area contributed by atoms with Crippen LogP contribution in [0.4, 0.5) is 14.5 Å². The van der Waals surface area contributed by atoms with Gasteiger partial charge < -0.3 is 24.1 Å². The number of hydrogen-bond acceptors (Lipinski definition) is 7. The number of alkyl halides is 2. The van der Waals surface area contributed by atoms with Crippen molar-refractivity contribution < 1.29 is 37.1 Å². The zero-order chi connectivity index (χ0) is 21.3. The maximum Gasteiger partial charge on any atom is 0.586 e. The number of aryl methyl sites for hydroxylation is 1. The molecule has 0 fully saturated rings. The minimum atomic E-state index is -3.76. The monoisotopic (exact) mass is 416 g/mol. The van der Waals surface area contributed by atoms with Crippen LogP contribution in [0, 0.1) is 6.92 Å². The van der Waals surface area contributed by atoms with Crippen molar-refractivity contribution in [1.82, 2.24) is 5.16 Å². The Balaban J connectivity index is 1.40. The van der Waals surface area contributed by atoms with Crippen LogP contribution in [-0.2, 0) is 9.53 Å². The molecule has 1 aliphatic heterocycles. The van der Waals surface area contributed by atoms with E-state index >= 15 is 0 Å². The minimum absolute atomic E-state index is 0.110. The first kappa shape index (κ1) is 19.4. The number of carbonyl (C=O) groups excluding carboxylic acids is 2. The normalized spacial score (nSPS) is 13.7. The summed E-state index contributed by atoms with van der Waals surface area (Å²) < 4.78 is 44.9. The Bertz CT molecular complexity index is 1110. The SMILES string of the molecule is Cc1onc(-c2ccccc2)c1C(=O)OCC(=O)Nc1ccc2c(c1)OC(F)(F)O2. The van der Waals surface area contributed by atoms with Crippen molar-refractivity contribution in [2.45, 2.75) is 13.2 Å². The zero-order valence-corrected chi connectivity index (χ0v) is 15.5. The molecular weight excluding hydrogens is 402 g/mol. The van der Waals surface area contributed by atoms with E-state index < -0.39 is 24.8 Å². The predicted molar refractivity (Wildman–Crippen MR) is 98.2 cm³/mol. The number of anilines is 1. The van der Waals surface area contributed by atoms with E-state index in [4.69, 9.17) is 9.26 Å². The fourth-order valence-corrected chi connectivity index (χ4v) is 2.83. The number of aromatic nitrogens is 1. The van der Waals surface area contributed by atoms with E-state index in [9.17, 15) is 18.4 Å². The van der Waals surface area contributed by atoms with E-state index in [0.29, 0.717) is 11.3 Å². The van der Waals surface area contributed by atoms with E-state index in [1.807, 2.05) is 6.07 Å². The highest BCUT2D eigenvalue weighted by molar-refractivity contribution is 5.99. The van der Waals surface area contributed by atoms with Crippen molar-refractivity contribution in [3.05, 3.63) is 59.9 Å². The van der Waals surface area contributed by atoms with Gasteiger partial charge in [-0.3, -0.25) is 4.79 Å². The molecule has 0 radical (unpaired) electrons. The number of benzene rings is 2. The van der Waals surface area contributed by atoms with Gasteiger partial charge in [-0.15, -0.1) is 8.78 Å². The highest BCUT2D eigenvalue weighted by Crippen LogP contribution is 2.42. The van der Waals surface area contributed by atoms with Crippen molar-refractivity contribution in [3.8, 4) is 22.8 Å². The Morgan fingerprint density at radius 1 is 1.10 bits per heavy atom. The van der Waals surface area contributed by atoms with E-state index in [0.717, 1.165) is 0 Å². The van der Waals surface area contributed by atoms with E-state index in [1.54, 1.807) is 31.2 Å². The Morgan fingerprint density at radius 2 is 1.83 bits per heavy atom. The molecule has 1 N–H and O–H groups in total. The number of hydrogen-bond donors (Lipinski definition) is 1. The molecular formula is C20H14F2N2O6. The quantitative estimate of drug-likeness (QED) is 0.632. The maximum absolute atomic E-state index is 13.1. The summed E-state index contributed by atoms with van der Waals surface area (Å²) >= 11 is 0. The lowest BCUT2D eigenvalue weighted by Crippen LogP contribution is -2.25. The zero-order valence-electron chi connectivity index (χ0n) is 15.5. The van der Waals surface area contributed by atoms with Gasteiger partial charge in [-0.2, -0.15) is 0 Å². The molecule has 0 unspecified atom stereocenters. The number of ether oxygens (including phenoxy) is 3. The summed E-state index contributed by atoms with van der Waals surface area (Å²) in [7, 11) is 0. The number of fused-ring (bicyclic) bond motifs is 1. The van der Waals surface area contributed by atoms with Crippen LogP contribution in [0.1, 0.15) is 16.1 Å². The number of esters is 1. The molecule has 154 valence electrons. The molecule has 0 saturated heterocycles. The third-order valence-electron chi connectivity index (χ3n) is 4.13. The van der Waals surface area contributed by atoms with Crippen LogP contribution in [0.3, 0.4) is 0 Å². The third-order valence-corrected chi connectivity index (χ3v) is 4.13. The summed E-state index contributed by atoms with van der Waals surface area (Å²) in [5.41, 5.74) is 1.24. The molecule has 0 aliphatic carbocycles. The number of nitrogens with zero attached hydrogens (tertiary/aromatic N) is 1. The topological polar surface area (TPSA) is 99.9 Å². The van der Waals surface area contributed by atoms with Crippen molar-refractivity contribution >= 4 is 17.6 Å². The molecule has 10 heteroatoms. The van der Waals surface area contributed by atoms with Crippen LogP contribution in [0.5, 0.6) is 11.5 Å². The molecule has 1 amide bonds. The summed E-state index contributed by atoms with van der Waals surface area (Å²) in [5.74, 6) is -1.59. The van der Waals surface area contributed by atoms with E-state index in [2.05, 4.69) is 19.9 Å². The van der Waals surface area contributed by atoms with Crippen molar-refractivity contribution in [1.29, 1.82) is 0 Å². The lowest BCUT2D eigenvalue weighted by molar-refractivity contribution is -0.286. The summed E-state index contributed by atoms with van der Waals surface area (Å²) in [6.07, 6.45) is -3.76. The van der Waals surface area contributed by atoms with Crippen LogP contribution in [0.15, 0.2) is 53.1 Å². The molecule has 1 aromatic heterocycles. The van der Waals surface area contributed by atoms with Gasteiger partial charge >= 0.3 is 12.3 Å².